The number of hydrogen-bond donors (Lipinski definition) is 3. The molecule has 4 N–H and O–H groups in total. The molecule has 4 aromatic rings. The molecule has 5 atom stereocenters. The van der Waals surface area contributed by atoms with Crippen LogP contribution in [0.4, 0.5) is 23.0 Å². The molecule has 10 rings (SSSR count). The van der Waals surface area contributed by atoms with Crippen LogP contribution in [0.15, 0.2) is 59.3 Å². The van der Waals surface area contributed by atoms with Crippen LogP contribution in [0.3, 0.4) is 0 Å². The van der Waals surface area contributed by atoms with Gasteiger partial charge >= 0.3 is 5.97 Å². The van der Waals surface area contributed by atoms with Crippen molar-refractivity contribution in [2.24, 2.45) is 11.8 Å². The minimum absolute atomic E-state index is 0.0790. The number of aromatic hydroxyl groups is 1. The number of aliphatic hydroxyl groups is 1. The van der Waals surface area contributed by atoms with Gasteiger partial charge in [-0.05, 0) is 95.4 Å². The lowest BCUT2D eigenvalue weighted by atomic mass is 9.91. The number of phenols is 1. The number of benzene rings is 1. The van der Waals surface area contributed by atoms with E-state index in [0.717, 1.165) is 114 Å². The number of phenolic OH excluding ortho intramolecular Hbond substituents is 1. The molecular formula is C53H72N10O8. The van der Waals surface area contributed by atoms with Gasteiger partial charge in [0.1, 0.15) is 29.4 Å². The minimum Gasteiger partial charge on any atom is -0.507 e. The number of rotatable bonds is 14. The summed E-state index contributed by atoms with van der Waals surface area (Å²) in [5, 5.41) is 33.9. The average molecular weight is 977 g/mol. The summed E-state index contributed by atoms with van der Waals surface area (Å²) in [6.07, 6.45) is 9.88. The van der Waals surface area contributed by atoms with Crippen LogP contribution in [0, 0.1) is 11.8 Å². The molecule has 5 saturated heterocycles. The molecular weight excluding hydrogens is 905 g/mol. The molecule has 18 heteroatoms. The molecule has 1 amide bonds. The SMILES string of the molecule is CC(C)[C@@H](C(=O)N1C[C@H](O)C[C@H]1C(=O)OC(C)(C)C)c1cc(N2CCC(CN3CCC(OC4CC(Oc5cc(N6C7CCC6CN(c6cc(-c8ccccc8O)nnc6N)C7)ccn5)C4)CC3)CC2)no1. The fraction of sp³-hybridized carbons (Fsp3) is 0.623. The Morgan fingerprint density at radius 2 is 1.59 bits per heavy atom. The third-order valence-electron chi connectivity index (χ3n) is 15.5. The Hall–Kier alpha value is -5.72. The van der Waals surface area contributed by atoms with Crippen molar-refractivity contribution in [2.75, 3.05) is 72.8 Å². The van der Waals surface area contributed by atoms with E-state index in [9.17, 15) is 19.8 Å². The number of ether oxygens (including phenoxy) is 3. The molecule has 3 aromatic heterocycles. The predicted molar refractivity (Wildman–Crippen MR) is 268 cm³/mol. The number of nitrogens with two attached hydrogens (primary N) is 1. The van der Waals surface area contributed by atoms with E-state index < -0.39 is 29.6 Å². The van der Waals surface area contributed by atoms with Crippen LogP contribution in [0.25, 0.3) is 11.3 Å². The number of aliphatic hydroxyl groups excluding tert-OH is 1. The molecule has 18 nitrogen and oxygen atoms in total. The lowest BCUT2D eigenvalue weighted by Crippen LogP contribution is -2.54. The van der Waals surface area contributed by atoms with E-state index in [1.54, 1.807) is 32.9 Å². The summed E-state index contributed by atoms with van der Waals surface area (Å²) in [6.45, 7) is 15.9. The van der Waals surface area contributed by atoms with Crippen molar-refractivity contribution in [1.82, 2.24) is 30.1 Å². The third-order valence-corrected chi connectivity index (χ3v) is 15.5. The number of esters is 1. The number of anilines is 4. The van der Waals surface area contributed by atoms with Gasteiger partial charge in [0.15, 0.2) is 17.4 Å². The highest BCUT2D eigenvalue weighted by molar-refractivity contribution is 5.89. The number of β-amino-alcohol motifs (C(OH)–C–C–N with tert-alkyl or cyclic N) is 1. The van der Waals surface area contributed by atoms with Crippen molar-refractivity contribution in [1.29, 1.82) is 0 Å². The molecule has 1 saturated carbocycles. The topological polar surface area (TPSA) is 209 Å². The molecule has 2 bridgehead atoms. The second kappa shape index (κ2) is 20.4. The van der Waals surface area contributed by atoms with Crippen LogP contribution in [0.1, 0.15) is 104 Å². The average Bonchev–Trinajstić information content (AvgIpc) is 4.04. The van der Waals surface area contributed by atoms with Crippen LogP contribution in [0.5, 0.6) is 11.6 Å². The van der Waals surface area contributed by atoms with Gasteiger partial charge in [0.2, 0.25) is 11.8 Å². The largest absolute Gasteiger partial charge is 0.507 e. The lowest BCUT2D eigenvalue weighted by Gasteiger charge is -2.43. The summed E-state index contributed by atoms with van der Waals surface area (Å²) in [4.78, 5) is 42.9. The molecule has 8 heterocycles. The summed E-state index contributed by atoms with van der Waals surface area (Å²) in [6, 6.07) is 14.9. The number of carbonyl (C=O) groups is 2. The number of piperidine rings is 2. The number of carbonyl (C=O) groups excluding carboxylic acids is 2. The summed E-state index contributed by atoms with van der Waals surface area (Å²) < 4.78 is 24.5. The highest BCUT2D eigenvalue weighted by Crippen LogP contribution is 2.41. The van der Waals surface area contributed by atoms with Crippen LogP contribution in [0.2, 0.25) is 0 Å². The quantitative estimate of drug-likeness (QED) is 0.123. The number of aromatic nitrogens is 4. The predicted octanol–water partition coefficient (Wildman–Crippen LogP) is 6.02. The van der Waals surface area contributed by atoms with Crippen LogP contribution in [-0.2, 0) is 19.1 Å². The Morgan fingerprint density at radius 1 is 0.859 bits per heavy atom. The second-order valence-corrected chi connectivity index (χ2v) is 22.2. The Bertz CT molecular complexity index is 2480. The van der Waals surface area contributed by atoms with Crippen molar-refractivity contribution in [2.45, 2.75) is 146 Å². The van der Waals surface area contributed by atoms with Gasteiger partial charge in [0.05, 0.1) is 29.7 Å². The van der Waals surface area contributed by atoms with E-state index in [1.165, 1.54) is 4.90 Å². The van der Waals surface area contributed by atoms with Gasteiger partial charge in [-0.1, -0.05) is 31.1 Å². The minimum atomic E-state index is -0.840. The van der Waals surface area contributed by atoms with Crippen molar-refractivity contribution in [3.05, 3.63) is 60.5 Å². The first-order valence-electron chi connectivity index (χ1n) is 26.0. The number of piperazine rings is 1. The zero-order valence-electron chi connectivity index (χ0n) is 41.9. The number of fused-ring (bicyclic) bond motifs is 2. The summed E-state index contributed by atoms with van der Waals surface area (Å²) in [5.74, 6) is 1.52. The van der Waals surface area contributed by atoms with E-state index in [-0.39, 0.29) is 48.9 Å². The third kappa shape index (κ3) is 10.9. The maximum atomic E-state index is 14.0. The number of nitrogens with zero attached hydrogens (tertiary/aromatic N) is 9. The van der Waals surface area contributed by atoms with Crippen molar-refractivity contribution < 1.29 is 38.5 Å². The molecule has 0 spiro atoms. The molecule has 1 aliphatic carbocycles. The zero-order valence-corrected chi connectivity index (χ0v) is 41.9. The van der Waals surface area contributed by atoms with Crippen molar-refractivity contribution >= 4 is 34.9 Å². The van der Waals surface area contributed by atoms with E-state index in [0.29, 0.717) is 46.7 Å². The van der Waals surface area contributed by atoms with Crippen LogP contribution in [-0.4, -0.2) is 153 Å². The molecule has 5 aliphatic heterocycles. The fourth-order valence-corrected chi connectivity index (χ4v) is 11.9. The van der Waals surface area contributed by atoms with Crippen molar-refractivity contribution in [3.63, 3.8) is 0 Å². The van der Waals surface area contributed by atoms with Gasteiger partial charge < -0.3 is 59.2 Å². The Morgan fingerprint density at radius 3 is 2.30 bits per heavy atom. The highest BCUT2D eigenvalue weighted by atomic mass is 16.6. The van der Waals surface area contributed by atoms with Gasteiger partial charge in [-0.3, -0.25) is 4.79 Å². The first kappa shape index (κ1) is 48.9. The highest BCUT2D eigenvalue weighted by Gasteiger charge is 2.46. The van der Waals surface area contributed by atoms with E-state index in [2.05, 4.69) is 52.1 Å². The fourth-order valence-electron chi connectivity index (χ4n) is 11.9. The molecule has 71 heavy (non-hydrogen) atoms. The smallest absolute Gasteiger partial charge is 0.329 e. The second-order valence-electron chi connectivity index (χ2n) is 22.2. The monoisotopic (exact) mass is 977 g/mol. The van der Waals surface area contributed by atoms with Crippen LogP contribution < -0.4 is 25.2 Å². The van der Waals surface area contributed by atoms with Gasteiger partial charge in [-0.25, -0.2) is 9.78 Å². The molecule has 382 valence electrons. The molecule has 2 unspecified atom stereocenters. The number of pyridine rings is 1. The van der Waals surface area contributed by atoms with E-state index in [1.807, 2.05) is 44.3 Å². The number of para-hydroxylation sites is 1. The van der Waals surface area contributed by atoms with E-state index >= 15 is 0 Å². The Kier molecular flexibility index (Phi) is 14.1. The molecule has 6 aliphatic rings. The zero-order chi connectivity index (χ0) is 49.6. The Balaban J connectivity index is 0.642. The van der Waals surface area contributed by atoms with Gasteiger partial charge in [-0.15, -0.1) is 10.2 Å². The maximum absolute atomic E-state index is 14.0. The maximum Gasteiger partial charge on any atom is 0.329 e. The lowest BCUT2D eigenvalue weighted by molar-refractivity contribution is -0.163. The van der Waals surface area contributed by atoms with Gasteiger partial charge in [0, 0.05) is 113 Å². The molecule has 0 radical (unpaired) electrons. The standard InChI is InChI=1S/C53H72N10O8/c1-32(2)49(51(66)62-31-37(64)23-44(62)52(67)70-53(3,4)5)46-27-47(58-71-46)60-20-13-33(14-21-60)28-59-18-15-38(16-19-59)68-39-24-40(25-39)69-48-22-34(12-17-55-48)63-35-10-11-36(63)30-61(29-35)43-26-42(56-57-50(43)54)41-8-6-7-9-45(41)65/h6-9,12,17,22,26-27,32-33,35-40,44,49,64-65H,10-11,13-16,18-21,23-25,28-31H2,1-5H3,(H2,54,57)/t35?,36?,37-,39?,40?,44+,49-/m1/s1. The first-order valence-corrected chi connectivity index (χ1v) is 26.0. The summed E-state index contributed by atoms with van der Waals surface area (Å²) in [7, 11) is 0. The number of hydrogen-bond acceptors (Lipinski definition) is 17. The number of amides is 1. The van der Waals surface area contributed by atoms with Crippen LogP contribution >= 0.6 is 0 Å². The summed E-state index contributed by atoms with van der Waals surface area (Å²) in [5.41, 5.74) is 8.91. The molecule has 1 aromatic carbocycles. The van der Waals surface area contributed by atoms with Gasteiger partial charge in [-0.2, -0.15) is 0 Å². The normalized spacial score (nSPS) is 26.0. The van der Waals surface area contributed by atoms with E-state index in [4.69, 9.17) is 24.5 Å². The summed E-state index contributed by atoms with van der Waals surface area (Å²) >= 11 is 0. The van der Waals surface area contributed by atoms with Gasteiger partial charge in [0.25, 0.3) is 0 Å². The first-order chi connectivity index (χ1) is 34.1. The number of likely N-dealkylation sites (tertiary alicyclic amines) is 2. The molecule has 6 fully saturated rings. The Labute approximate surface area is 416 Å². The number of nitrogen functional groups attached to an aromatic ring is 1. The van der Waals surface area contributed by atoms with Crippen molar-refractivity contribution in [3.8, 4) is 22.9 Å².